The summed E-state index contributed by atoms with van der Waals surface area (Å²) in [6.07, 6.45) is 9.12. The van der Waals surface area contributed by atoms with Crippen LogP contribution in [0.25, 0.3) is 22.6 Å². The van der Waals surface area contributed by atoms with Crippen molar-refractivity contribution in [3.8, 4) is 22.6 Å². The monoisotopic (exact) mass is 388 g/mol. The van der Waals surface area contributed by atoms with Gasteiger partial charge in [-0.15, -0.1) is 0 Å². The van der Waals surface area contributed by atoms with Crippen LogP contribution in [0.15, 0.2) is 47.5 Å². The van der Waals surface area contributed by atoms with E-state index in [1.165, 1.54) is 0 Å². The summed E-state index contributed by atoms with van der Waals surface area (Å²) in [5.74, 6) is 1.78. The molecule has 0 spiro atoms. The zero-order valence-electron chi connectivity index (χ0n) is 16.2. The summed E-state index contributed by atoms with van der Waals surface area (Å²) < 4.78 is 7.39. The van der Waals surface area contributed by atoms with Crippen LogP contribution in [0.4, 0.5) is 5.95 Å². The van der Waals surface area contributed by atoms with Gasteiger partial charge in [-0.3, -0.25) is 9.67 Å². The van der Waals surface area contributed by atoms with Gasteiger partial charge < -0.3 is 9.42 Å². The molecule has 0 saturated carbocycles. The first-order chi connectivity index (χ1) is 14.2. The third kappa shape index (κ3) is 3.24. The van der Waals surface area contributed by atoms with Crippen molar-refractivity contribution in [1.29, 1.82) is 0 Å². The van der Waals surface area contributed by atoms with Gasteiger partial charge in [0.15, 0.2) is 0 Å². The first kappa shape index (κ1) is 17.5. The van der Waals surface area contributed by atoms with Gasteiger partial charge >= 0.3 is 0 Å². The molecule has 1 aliphatic heterocycles. The number of anilines is 1. The van der Waals surface area contributed by atoms with Gasteiger partial charge in [0.05, 0.1) is 11.4 Å². The lowest BCUT2D eigenvalue weighted by atomic mass is 10.2. The Labute approximate surface area is 167 Å². The highest BCUT2D eigenvalue weighted by atomic mass is 16.5. The average molecular weight is 388 g/mol. The van der Waals surface area contributed by atoms with Crippen molar-refractivity contribution in [1.82, 2.24) is 34.9 Å². The van der Waals surface area contributed by atoms with Crippen LogP contribution in [-0.4, -0.2) is 41.4 Å². The molecule has 9 heteroatoms. The first-order valence-corrected chi connectivity index (χ1v) is 9.53. The molecule has 0 aliphatic carbocycles. The topological polar surface area (TPSA) is 98.7 Å². The van der Waals surface area contributed by atoms with E-state index in [0.717, 1.165) is 41.9 Å². The average Bonchev–Trinajstić information content (AvgIpc) is 3.48. The number of hydrogen-bond acceptors (Lipinski definition) is 8. The third-order valence-corrected chi connectivity index (χ3v) is 5.09. The minimum absolute atomic E-state index is 0.0434. The molecule has 1 fully saturated rings. The van der Waals surface area contributed by atoms with Crippen LogP contribution < -0.4 is 4.90 Å². The molecule has 4 aromatic rings. The lowest BCUT2D eigenvalue weighted by Gasteiger charge is -2.21. The second kappa shape index (κ2) is 7.08. The van der Waals surface area contributed by atoms with Crippen molar-refractivity contribution in [2.75, 3.05) is 11.4 Å². The molecule has 29 heavy (non-hydrogen) atoms. The van der Waals surface area contributed by atoms with Crippen molar-refractivity contribution < 1.29 is 4.52 Å². The second-order valence-electron chi connectivity index (χ2n) is 7.09. The summed E-state index contributed by atoms with van der Waals surface area (Å²) in [4.78, 5) is 20.2. The fraction of sp³-hybridized carbons (Fsp3) is 0.300. The maximum absolute atomic E-state index is 5.59. The van der Waals surface area contributed by atoms with Crippen LogP contribution in [0.1, 0.15) is 30.5 Å². The summed E-state index contributed by atoms with van der Waals surface area (Å²) in [5, 5.41) is 8.55. The molecule has 1 saturated heterocycles. The smallest absolute Gasteiger partial charge is 0.249 e. The molecule has 4 aromatic heterocycles. The Morgan fingerprint density at radius 2 is 2.10 bits per heavy atom. The van der Waals surface area contributed by atoms with Gasteiger partial charge in [0.1, 0.15) is 6.04 Å². The van der Waals surface area contributed by atoms with Gasteiger partial charge in [-0.25, -0.2) is 9.97 Å². The molecule has 1 aliphatic rings. The van der Waals surface area contributed by atoms with E-state index < -0.39 is 0 Å². The Morgan fingerprint density at radius 1 is 1.17 bits per heavy atom. The van der Waals surface area contributed by atoms with Gasteiger partial charge in [0, 0.05) is 49.5 Å². The van der Waals surface area contributed by atoms with E-state index in [0.29, 0.717) is 17.7 Å². The SMILES string of the molecule is Cc1nn(C)cc1-c1ccnc(N2CCCC2c2nc(-c3cccnc3)no2)n1. The molecule has 146 valence electrons. The molecule has 0 amide bonds. The van der Waals surface area contributed by atoms with Crippen molar-refractivity contribution in [2.45, 2.75) is 25.8 Å². The number of hydrogen-bond donors (Lipinski definition) is 0. The standard InChI is InChI=1S/C20H20N8O/c1-13-15(12-27(2)25-13)16-7-9-22-20(23-16)28-10-4-6-17(28)19-24-18(26-29-19)14-5-3-8-21-11-14/h3,5,7-9,11-12,17H,4,6,10H2,1-2H3. The number of aromatic nitrogens is 7. The van der Waals surface area contributed by atoms with E-state index in [1.54, 1.807) is 23.3 Å². The van der Waals surface area contributed by atoms with Crippen molar-refractivity contribution >= 4 is 5.95 Å². The highest BCUT2D eigenvalue weighted by Gasteiger charge is 2.33. The van der Waals surface area contributed by atoms with Gasteiger partial charge in [-0.2, -0.15) is 10.1 Å². The van der Waals surface area contributed by atoms with Crippen LogP contribution >= 0.6 is 0 Å². The van der Waals surface area contributed by atoms with Gasteiger partial charge in [-0.1, -0.05) is 5.16 Å². The fourth-order valence-electron chi connectivity index (χ4n) is 3.73. The highest BCUT2D eigenvalue weighted by Crippen LogP contribution is 2.35. The molecule has 5 rings (SSSR count). The zero-order chi connectivity index (χ0) is 19.8. The van der Waals surface area contributed by atoms with Crippen LogP contribution in [0, 0.1) is 6.92 Å². The fourth-order valence-corrected chi connectivity index (χ4v) is 3.73. The Kier molecular flexibility index (Phi) is 4.27. The molecular formula is C20H20N8O. The number of aryl methyl sites for hydroxylation is 2. The predicted octanol–water partition coefficient (Wildman–Crippen LogP) is 2.97. The number of pyridine rings is 1. The molecule has 9 nitrogen and oxygen atoms in total. The number of rotatable bonds is 4. The third-order valence-electron chi connectivity index (χ3n) is 5.09. The van der Waals surface area contributed by atoms with E-state index in [4.69, 9.17) is 9.51 Å². The predicted molar refractivity (Wildman–Crippen MR) is 106 cm³/mol. The van der Waals surface area contributed by atoms with Gasteiger partial charge in [-0.05, 0) is 38.0 Å². The van der Waals surface area contributed by atoms with Crippen molar-refractivity contribution in [2.24, 2.45) is 7.05 Å². The number of nitrogens with zero attached hydrogens (tertiary/aromatic N) is 8. The van der Waals surface area contributed by atoms with Gasteiger partial charge in [0.25, 0.3) is 0 Å². The lowest BCUT2D eigenvalue weighted by molar-refractivity contribution is 0.354. The van der Waals surface area contributed by atoms with Gasteiger partial charge in [0.2, 0.25) is 17.7 Å². The van der Waals surface area contributed by atoms with Crippen molar-refractivity contribution in [3.63, 3.8) is 0 Å². The Bertz CT molecular complexity index is 1140. The summed E-state index contributed by atoms with van der Waals surface area (Å²) in [7, 11) is 1.91. The van der Waals surface area contributed by atoms with Crippen LogP contribution in [0.2, 0.25) is 0 Å². The van der Waals surface area contributed by atoms with Crippen LogP contribution in [0.5, 0.6) is 0 Å². The second-order valence-corrected chi connectivity index (χ2v) is 7.09. The minimum atomic E-state index is -0.0434. The summed E-state index contributed by atoms with van der Waals surface area (Å²) >= 11 is 0. The summed E-state index contributed by atoms with van der Waals surface area (Å²) in [6.45, 7) is 2.82. The van der Waals surface area contributed by atoms with Crippen LogP contribution in [-0.2, 0) is 7.05 Å². The zero-order valence-corrected chi connectivity index (χ0v) is 16.2. The summed E-state index contributed by atoms with van der Waals surface area (Å²) in [6, 6.07) is 5.63. The largest absolute Gasteiger partial charge is 0.337 e. The Morgan fingerprint density at radius 3 is 2.90 bits per heavy atom. The molecule has 1 atom stereocenters. The van der Waals surface area contributed by atoms with Crippen molar-refractivity contribution in [3.05, 3.63) is 54.6 Å². The quantitative estimate of drug-likeness (QED) is 0.526. The molecule has 0 radical (unpaired) electrons. The van der Waals surface area contributed by atoms with Crippen LogP contribution in [0.3, 0.4) is 0 Å². The lowest BCUT2D eigenvalue weighted by Crippen LogP contribution is -2.25. The van der Waals surface area contributed by atoms with E-state index >= 15 is 0 Å². The van der Waals surface area contributed by atoms with E-state index in [2.05, 4.69) is 30.1 Å². The molecule has 0 aromatic carbocycles. The van der Waals surface area contributed by atoms with E-state index in [9.17, 15) is 0 Å². The molecule has 5 heterocycles. The maximum Gasteiger partial charge on any atom is 0.249 e. The Hall–Kier alpha value is -3.62. The Balaban J connectivity index is 1.45. The molecular weight excluding hydrogens is 368 g/mol. The highest BCUT2D eigenvalue weighted by molar-refractivity contribution is 5.62. The maximum atomic E-state index is 5.59. The minimum Gasteiger partial charge on any atom is -0.337 e. The molecule has 1 unspecified atom stereocenters. The molecule has 0 bridgehead atoms. The normalized spacial score (nSPS) is 16.5. The molecule has 0 N–H and O–H groups in total. The first-order valence-electron chi connectivity index (χ1n) is 9.53. The summed E-state index contributed by atoms with van der Waals surface area (Å²) in [5.41, 5.74) is 3.63. The van der Waals surface area contributed by atoms with E-state index in [-0.39, 0.29) is 6.04 Å². The van der Waals surface area contributed by atoms with E-state index in [1.807, 2.05) is 38.4 Å².